The van der Waals surface area contributed by atoms with Gasteiger partial charge in [-0.25, -0.2) is 9.37 Å². The number of imidazole rings is 1. The highest BCUT2D eigenvalue weighted by molar-refractivity contribution is 7.80. The van der Waals surface area contributed by atoms with Gasteiger partial charge in [-0.05, 0) is 61.2 Å². The number of rotatable bonds is 3. The van der Waals surface area contributed by atoms with Crippen LogP contribution in [0.4, 0.5) is 4.39 Å². The summed E-state index contributed by atoms with van der Waals surface area (Å²) in [6.45, 7) is 0. The summed E-state index contributed by atoms with van der Waals surface area (Å²) in [4.78, 5) is 4.66. The third-order valence-corrected chi connectivity index (χ3v) is 5.47. The monoisotopic (exact) mass is 388 g/mol. The molecule has 0 fully saturated rings. The normalized spacial score (nSPS) is 16.4. The number of hydrogen-bond donors (Lipinski definition) is 1. The molecule has 2 aromatic carbocycles. The molecule has 4 rings (SSSR count). The molecule has 1 heterocycles. The molecule has 1 unspecified atom stereocenters. The molecule has 26 heavy (non-hydrogen) atoms. The van der Waals surface area contributed by atoms with Crippen LogP contribution in [0.3, 0.4) is 0 Å². The Kier molecular flexibility index (Phi) is 4.67. The second kappa shape index (κ2) is 6.97. The van der Waals surface area contributed by atoms with Gasteiger partial charge in [0.1, 0.15) is 11.6 Å². The van der Waals surface area contributed by atoms with Gasteiger partial charge in [-0.1, -0.05) is 17.7 Å². The van der Waals surface area contributed by atoms with Crippen LogP contribution in [0.2, 0.25) is 5.02 Å². The first-order valence-corrected chi connectivity index (χ1v) is 9.31. The van der Waals surface area contributed by atoms with E-state index in [1.807, 2.05) is 22.8 Å². The zero-order valence-electron chi connectivity index (χ0n) is 14.2. The van der Waals surface area contributed by atoms with Gasteiger partial charge in [0.15, 0.2) is 5.16 Å². The van der Waals surface area contributed by atoms with E-state index in [9.17, 15) is 4.39 Å². The SMILES string of the molecule is COc1ccc(C2CCCc3nc(S)n(-c4ccc(F)cc4)c32)cc1Cl. The molecule has 1 aromatic heterocycles. The summed E-state index contributed by atoms with van der Waals surface area (Å²) in [7, 11) is 1.61. The molecule has 1 aliphatic rings. The van der Waals surface area contributed by atoms with Crippen molar-refractivity contribution >= 4 is 24.2 Å². The molecule has 1 aliphatic carbocycles. The molecule has 3 aromatic rings. The fourth-order valence-electron chi connectivity index (χ4n) is 3.68. The summed E-state index contributed by atoms with van der Waals surface area (Å²) in [5.74, 6) is 0.552. The molecule has 0 radical (unpaired) electrons. The summed E-state index contributed by atoms with van der Waals surface area (Å²) < 4.78 is 20.6. The molecule has 1 atom stereocenters. The van der Waals surface area contributed by atoms with Crippen molar-refractivity contribution in [3.05, 3.63) is 70.3 Å². The summed E-state index contributed by atoms with van der Waals surface area (Å²) in [6, 6.07) is 12.3. The molecule has 0 aliphatic heterocycles. The third kappa shape index (κ3) is 2.99. The van der Waals surface area contributed by atoms with Gasteiger partial charge in [-0.3, -0.25) is 4.57 Å². The van der Waals surface area contributed by atoms with Gasteiger partial charge in [-0.15, -0.1) is 12.6 Å². The van der Waals surface area contributed by atoms with Crippen LogP contribution in [-0.4, -0.2) is 16.7 Å². The number of ether oxygens (including phenoxy) is 1. The second-order valence-electron chi connectivity index (χ2n) is 6.39. The smallest absolute Gasteiger partial charge is 0.169 e. The Morgan fingerprint density at radius 2 is 2.00 bits per heavy atom. The zero-order valence-corrected chi connectivity index (χ0v) is 15.9. The molecule has 134 valence electrons. The van der Waals surface area contributed by atoms with E-state index in [2.05, 4.69) is 17.6 Å². The van der Waals surface area contributed by atoms with Crippen LogP contribution in [0.25, 0.3) is 5.69 Å². The van der Waals surface area contributed by atoms with Crippen molar-refractivity contribution in [2.24, 2.45) is 0 Å². The molecule has 0 saturated carbocycles. The van der Waals surface area contributed by atoms with Crippen LogP contribution in [-0.2, 0) is 6.42 Å². The summed E-state index contributed by atoms with van der Waals surface area (Å²) >= 11 is 10.9. The Labute approximate surface area is 162 Å². The molecule has 6 heteroatoms. The molecule has 0 spiro atoms. The van der Waals surface area contributed by atoms with E-state index in [1.54, 1.807) is 19.2 Å². The largest absolute Gasteiger partial charge is 0.495 e. The first-order chi connectivity index (χ1) is 12.6. The lowest BCUT2D eigenvalue weighted by Crippen LogP contribution is -2.15. The van der Waals surface area contributed by atoms with Crippen LogP contribution in [0.15, 0.2) is 47.6 Å². The van der Waals surface area contributed by atoms with Crippen LogP contribution < -0.4 is 4.74 Å². The number of methoxy groups -OCH3 is 1. The Balaban J connectivity index is 1.85. The lowest BCUT2D eigenvalue weighted by molar-refractivity contribution is 0.414. The van der Waals surface area contributed by atoms with Crippen molar-refractivity contribution < 1.29 is 9.13 Å². The quantitative estimate of drug-likeness (QED) is 0.605. The van der Waals surface area contributed by atoms with Gasteiger partial charge in [0, 0.05) is 11.6 Å². The van der Waals surface area contributed by atoms with Crippen molar-refractivity contribution in [1.82, 2.24) is 9.55 Å². The Morgan fingerprint density at radius 3 is 2.69 bits per heavy atom. The third-order valence-electron chi connectivity index (χ3n) is 4.87. The fourth-order valence-corrected chi connectivity index (χ4v) is 4.29. The number of hydrogen-bond acceptors (Lipinski definition) is 3. The second-order valence-corrected chi connectivity index (χ2v) is 7.20. The van der Waals surface area contributed by atoms with E-state index in [4.69, 9.17) is 16.3 Å². The number of aromatic nitrogens is 2. The Hall–Kier alpha value is -1.98. The highest BCUT2D eigenvalue weighted by Crippen LogP contribution is 2.41. The molecular weight excluding hydrogens is 371 g/mol. The maximum atomic E-state index is 13.4. The molecule has 0 saturated heterocycles. The molecule has 0 bridgehead atoms. The average molecular weight is 389 g/mol. The molecule has 0 amide bonds. The molecule has 0 N–H and O–H groups in total. The average Bonchev–Trinajstić information content (AvgIpc) is 2.98. The van der Waals surface area contributed by atoms with Crippen molar-refractivity contribution in [3.8, 4) is 11.4 Å². The van der Waals surface area contributed by atoms with Gasteiger partial charge >= 0.3 is 0 Å². The Morgan fingerprint density at radius 1 is 1.23 bits per heavy atom. The fraction of sp³-hybridized carbons (Fsp3) is 0.250. The van der Waals surface area contributed by atoms with Gasteiger partial charge in [0.05, 0.1) is 23.5 Å². The first kappa shape index (κ1) is 17.4. The standard InChI is InChI=1S/C20H18ClFN2OS/c1-25-18-10-5-12(11-16(18)21)15-3-2-4-17-19(15)24(20(26)23-17)14-8-6-13(22)7-9-14/h5-11,15H,2-4H2,1H3,(H,23,26). The number of fused-ring (bicyclic) bond motifs is 1. The maximum absolute atomic E-state index is 13.4. The van der Waals surface area contributed by atoms with E-state index in [1.165, 1.54) is 12.1 Å². The number of aryl methyl sites for hydroxylation is 1. The van der Waals surface area contributed by atoms with Crippen LogP contribution in [0, 0.1) is 5.82 Å². The van der Waals surface area contributed by atoms with E-state index < -0.39 is 0 Å². The minimum absolute atomic E-state index is 0.153. The minimum atomic E-state index is -0.262. The van der Waals surface area contributed by atoms with Gasteiger partial charge in [0.25, 0.3) is 0 Å². The van der Waals surface area contributed by atoms with E-state index in [-0.39, 0.29) is 11.7 Å². The van der Waals surface area contributed by atoms with Crippen molar-refractivity contribution in [3.63, 3.8) is 0 Å². The van der Waals surface area contributed by atoms with Crippen molar-refractivity contribution in [1.29, 1.82) is 0 Å². The van der Waals surface area contributed by atoms with Gasteiger partial charge in [0.2, 0.25) is 0 Å². The van der Waals surface area contributed by atoms with E-state index >= 15 is 0 Å². The minimum Gasteiger partial charge on any atom is -0.495 e. The van der Waals surface area contributed by atoms with Gasteiger partial charge < -0.3 is 4.74 Å². The first-order valence-electron chi connectivity index (χ1n) is 8.48. The van der Waals surface area contributed by atoms with Crippen LogP contribution in [0.1, 0.15) is 35.7 Å². The lowest BCUT2D eigenvalue weighted by atomic mass is 9.84. The maximum Gasteiger partial charge on any atom is 0.169 e. The number of nitrogens with zero attached hydrogens (tertiary/aromatic N) is 2. The highest BCUT2D eigenvalue weighted by Gasteiger charge is 2.29. The number of halogens is 2. The van der Waals surface area contributed by atoms with E-state index in [0.29, 0.717) is 15.9 Å². The van der Waals surface area contributed by atoms with Crippen LogP contribution >= 0.6 is 24.2 Å². The number of thiol groups is 1. The van der Waals surface area contributed by atoms with Gasteiger partial charge in [-0.2, -0.15) is 0 Å². The van der Waals surface area contributed by atoms with Crippen LogP contribution in [0.5, 0.6) is 5.75 Å². The van der Waals surface area contributed by atoms with Crippen molar-refractivity contribution in [2.45, 2.75) is 30.3 Å². The number of benzene rings is 2. The topological polar surface area (TPSA) is 27.1 Å². The predicted octanol–water partition coefficient (Wildman–Crippen LogP) is 5.43. The zero-order chi connectivity index (χ0) is 18.3. The predicted molar refractivity (Wildman–Crippen MR) is 104 cm³/mol. The van der Waals surface area contributed by atoms with E-state index in [0.717, 1.165) is 41.9 Å². The van der Waals surface area contributed by atoms with Crippen molar-refractivity contribution in [2.75, 3.05) is 7.11 Å². The molecular formula is C20H18ClFN2OS. The Bertz CT molecular complexity index is 955. The highest BCUT2D eigenvalue weighted by atomic mass is 35.5. The molecule has 3 nitrogen and oxygen atoms in total. The summed E-state index contributed by atoms with van der Waals surface area (Å²) in [6.07, 6.45) is 2.96. The summed E-state index contributed by atoms with van der Waals surface area (Å²) in [5.41, 5.74) is 4.13. The lowest BCUT2D eigenvalue weighted by Gasteiger charge is -2.25. The summed E-state index contributed by atoms with van der Waals surface area (Å²) in [5, 5.41) is 1.21.